The van der Waals surface area contributed by atoms with Gasteiger partial charge in [0.2, 0.25) is 11.8 Å². The second-order valence-corrected chi connectivity index (χ2v) is 10.5. The van der Waals surface area contributed by atoms with Gasteiger partial charge in [-0.1, -0.05) is 64.0 Å². The first-order valence-electron chi connectivity index (χ1n) is 14.5. The van der Waals surface area contributed by atoms with Crippen molar-refractivity contribution in [3.63, 3.8) is 0 Å². The highest BCUT2D eigenvalue weighted by molar-refractivity contribution is 5.85. The third kappa shape index (κ3) is 9.57. The minimum Gasteiger partial charge on any atom is -0.383 e. The highest BCUT2D eigenvalue weighted by atomic mass is 19.1. The van der Waals surface area contributed by atoms with Crippen molar-refractivity contribution in [1.82, 2.24) is 14.4 Å². The fraction of sp³-hybridized carbons (Fsp3) is 0.613. The van der Waals surface area contributed by atoms with Crippen LogP contribution >= 0.6 is 0 Å². The molecule has 1 fully saturated rings. The Hall–Kier alpha value is -2.67. The van der Waals surface area contributed by atoms with Crippen LogP contribution in [-0.2, 0) is 27.4 Å². The number of aromatic nitrogens is 1. The number of hydrogen-bond donors (Lipinski definition) is 0. The van der Waals surface area contributed by atoms with Gasteiger partial charge in [0.25, 0.3) is 0 Å². The SMILES string of the molecule is CCCCCCCC(=O)N(CCOC)CC(=O)N(Cc1cccn1Cc1ccc(F)cc1)C1CCCCC1. The van der Waals surface area contributed by atoms with E-state index in [1.165, 1.54) is 31.4 Å². The number of methoxy groups -OCH3 is 1. The molecule has 1 aromatic carbocycles. The van der Waals surface area contributed by atoms with Crippen LogP contribution in [0.1, 0.15) is 88.8 Å². The van der Waals surface area contributed by atoms with E-state index < -0.39 is 0 Å². The van der Waals surface area contributed by atoms with E-state index in [-0.39, 0.29) is 30.2 Å². The van der Waals surface area contributed by atoms with E-state index in [0.717, 1.165) is 56.2 Å². The lowest BCUT2D eigenvalue weighted by atomic mass is 9.94. The summed E-state index contributed by atoms with van der Waals surface area (Å²) in [5.74, 6) is -0.207. The Morgan fingerprint density at radius 1 is 1.00 bits per heavy atom. The third-order valence-corrected chi connectivity index (χ3v) is 7.60. The number of hydrogen-bond acceptors (Lipinski definition) is 3. The quantitative estimate of drug-likeness (QED) is 0.245. The molecule has 6 nitrogen and oxygen atoms in total. The van der Waals surface area contributed by atoms with Gasteiger partial charge in [0.1, 0.15) is 5.82 Å². The van der Waals surface area contributed by atoms with E-state index in [9.17, 15) is 14.0 Å². The van der Waals surface area contributed by atoms with Crippen LogP contribution < -0.4 is 0 Å². The number of unbranched alkanes of at least 4 members (excludes halogenated alkanes) is 4. The van der Waals surface area contributed by atoms with Crippen molar-refractivity contribution < 1.29 is 18.7 Å². The molecule has 0 aliphatic heterocycles. The lowest BCUT2D eigenvalue weighted by Gasteiger charge is -2.36. The van der Waals surface area contributed by atoms with Gasteiger partial charge in [0, 0.05) is 44.6 Å². The zero-order valence-corrected chi connectivity index (χ0v) is 23.4. The molecule has 1 aromatic heterocycles. The first kappa shape index (κ1) is 29.9. The van der Waals surface area contributed by atoms with Gasteiger partial charge in [0.15, 0.2) is 0 Å². The average molecular weight is 528 g/mol. The van der Waals surface area contributed by atoms with Crippen molar-refractivity contribution in [2.75, 3.05) is 26.8 Å². The van der Waals surface area contributed by atoms with Crippen molar-refractivity contribution in [3.8, 4) is 0 Å². The van der Waals surface area contributed by atoms with E-state index >= 15 is 0 Å². The van der Waals surface area contributed by atoms with Gasteiger partial charge < -0.3 is 19.1 Å². The molecule has 0 N–H and O–H groups in total. The standard InChI is InChI=1S/C31H46FN3O3/c1-3-4-5-6-10-15-30(36)34(21-22-38-2)25-31(37)35(28-12-8-7-9-13-28)24-29-14-11-20-33(29)23-26-16-18-27(32)19-17-26/h11,14,16-20,28H,3-10,12-13,15,21-25H2,1-2H3. The number of benzene rings is 1. The number of amides is 2. The summed E-state index contributed by atoms with van der Waals surface area (Å²) in [7, 11) is 1.62. The van der Waals surface area contributed by atoms with Crippen molar-refractivity contribution in [3.05, 3.63) is 59.7 Å². The summed E-state index contributed by atoms with van der Waals surface area (Å²) in [6.45, 7) is 4.23. The topological polar surface area (TPSA) is 54.8 Å². The molecule has 1 aliphatic carbocycles. The third-order valence-electron chi connectivity index (χ3n) is 7.60. The summed E-state index contributed by atoms with van der Waals surface area (Å²) in [4.78, 5) is 30.6. The molecular formula is C31H46FN3O3. The summed E-state index contributed by atoms with van der Waals surface area (Å²) < 4.78 is 20.8. The maximum atomic E-state index is 13.8. The van der Waals surface area contributed by atoms with E-state index in [1.807, 2.05) is 17.2 Å². The molecule has 0 saturated heterocycles. The first-order valence-corrected chi connectivity index (χ1v) is 14.5. The van der Waals surface area contributed by atoms with E-state index in [2.05, 4.69) is 17.6 Å². The van der Waals surface area contributed by atoms with E-state index in [4.69, 9.17) is 4.74 Å². The molecule has 0 bridgehead atoms. The Kier molecular flexibility index (Phi) is 12.8. The van der Waals surface area contributed by atoms with E-state index in [0.29, 0.717) is 32.7 Å². The van der Waals surface area contributed by atoms with Gasteiger partial charge in [-0.25, -0.2) is 4.39 Å². The highest BCUT2D eigenvalue weighted by Crippen LogP contribution is 2.25. The van der Waals surface area contributed by atoms with Gasteiger partial charge >= 0.3 is 0 Å². The fourth-order valence-electron chi connectivity index (χ4n) is 5.31. The second kappa shape index (κ2) is 16.3. The molecular weight excluding hydrogens is 481 g/mol. The molecule has 0 spiro atoms. The normalized spacial score (nSPS) is 14.0. The smallest absolute Gasteiger partial charge is 0.242 e. The fourth-order valence-corrected chi connectivity index (χ4v) is 5.31. The molecule has 3 rings (SSSR count). The minimum absolute atomic E-state index is 0.00173. The maximum Gasteiger partial charge on any atom is 0.242 e. The Morgan fingerprint density at radius 3 is 2.45 bits per heavy atom. The van der Waals surface area contributed by atoms with Crippen LogP contribution in [0.2, 0.25) is 0 Å². The summed E-state index contributed by atoms with van der Waals surface area (Å²) >= 11 is 0. The van der Waals surface area contributed by atoms with Gasteiger partial charge in [-0.3, -0.25) is 9.59 Å². The molecule has 0 radical (unpaired) electrons. The number of carbonyl (C=O) groups excluding carboxylic acids is 2. The molecule has 1 aliphatic rings. The van der Waals surface area contributed by atoms with Crippen LogP contribution in [0, 0.1) is 5.82 Å². The molecule has 0 unspecified atom stereocenters. The molecule has 2 aromatic rings. The average Bonchev–Trinajstić information content (AvgIpc) is 3.37. The second-order valence-electron chi connectivity index (χ2n) is 10.5. The Bertz CT molecular complexity index is 969. The van der Waals surface area contributed by atoms with Crippen molar-refractivity contribution in [2.45, 2.75) is 96.7 Å². The van der Waals surface area contributed by atoms with Gasteiger partial charge in [-0.2, -0.15) is 0 Å². The molecule has 38 heavy (non-hydrogen) atoms. The molecule has 0 atom stereocenters. The zero-order chi connectivity index (χ0) is 27.2. The molecule has 1 heterocycles. The number of halogens is 1. The van der Waals surface area contributed by atoms with Crippen molar-refractivity contribution >= 4 is 11.8 Å². The molecule has 7 heteroatoms. The zero-order valence-electron chi connectivity index (χ0n) is 23.4. The predicted molar refractivity (Wildman–Crippen MR) is 149 cm³/mol. The van der Waals surface area contributed by atoms with Crippen LogP contribution in [0.15, 0.2) is 42.6 Å². The van der Waals surface area contributed by atoms with Gasteiger partial charge in [0.05, 0.1) is 19.7 Å². The Morgan fingerprint density at radius 2 is 1.74 bits per heavy atom. The van der Waals surface area contributed by atoms with Crippen LogP contribution in [0.5, 0.6) is 0 Å². The first-order chi connectivity index (χ1) is 18.5. The van der Waals surface area contributed by atoms with Crippen LogP contribution in [0.4, 0.5) is 4.39 Å². The molecule has 1 saturated carbocycles. The maximum absolute atomic E-state index is 13.8. The number of nitrogens with zero attached hydrogens (tertiary/aromatic N) is 3. The van der Waals surface area contributed by atoms with Crippen molar-refractivity contribution in [1.29, 1.82) is 0 Å². The van der Waals surface area contributed by atoms with Gasteiger partial charge in [-0.05, 0) is 49.1 Å². The molecule has 210 valence electrons. The summed E-state index contributed by atoms with van der Waals surface area (Å²) in [5, 5.41) is 0. The lowest BCUT2D eigenvalue weighted by Crippen LogP contribution is -2.48. The Balaban J connectivity index is 1.70. The largest absolute Gasteiger partial charge is 0.383 e. The highest BCUT2D eigenvalue weighted by Gasteiger charge is 2.28. The van der Waals surface area contributed by atoms with Crippen LogP contribution in [0.3, 0.4) is 0 Å². The molecule has 2 amide bonds. The van der Waals surface area contributed by atoms with E-state index in [1.54, 1.807) is 24.1 Å². The van der Waals surface area contributed by atoms with Crippen LogP contribution in [-0.4, -0.2) is 59.0 Å². The summed E-state index contributed by atoms with van der Waals surface area (Å²) in [6, 6.07) is 10.8. The number of ether oxygens (including phenoxy) is 1. The predicted octanol–water partition coefficient (Wildman–Crippen LogP) is 6.17. The summed E-state index contributed by atoms with van der Waals surface area (Å²) in [6.07, 6.45) is 13.3. The number of carbonyl (C=O) groups is 2. The van der Waals surface area contributed by atoms with Crippen molar-refractivity contribution in [2.24, 2.45) is 0 Å². The van der Waals surface area contributed by atoms with Crippen LogP contribution in [0.25, 0.3) is 0 Å². The summed E-state index contributed by atoms with van der Waals surface area (Å²) in [5.41, 5.74) is 2.05. The number of rotatable bonds is 16. The minimum atomic E-state index is -0.246. The Labute approximate surface area is 228 Å². The monoisotopic (exact) mass is 527 g/mol. The van der Waals surface area contributed by atoms with Gasteiger partial charge in [-0.15, -0.1) is 0 Å². The lowest BCUT2D eigenvalue weighted by molar-refractivity contribution is -0.143.